The maximum Gasteiger partial charge on any atom is 0.203 e. The van der Waals surface area contributed by atoms with E-state index >= 15 is 0 Å². The van der Waals surface area contributed by atoms with Crippen LogP contribution in [0.25, 0.3) is 0 Å². The molecule has 1 aromatic heterocycles. The summed E-state index contributed by atoms with van der Waals surface area (Å²) in [7, 11) is 1.53. The number of nitrogens with one attached hydrogen (secondary N) is 1. The highest BCUT2D eigenvalue weighted by atomic mass is 32.1. The van der Waals surface area contributed by atoms with Crippen molar-refractivity contribution < 1.29 is 9.84 Å². The monoisotopic (exact) mass is 435 g/mol. The molecule has 162 valence electrons. The molecule has 4 rings (SSSR count). The van der Waals surface area contributed by atoms with Gasteiger partial charge in [-0.25, -0.2) is 4.98 Å². The van der Waals surface area contributed by atoms with Gasteiger partial charge >= 0.3 is 0 Å². The number of rotatable bonds is 6. The SMILES string of the molecule is COc1cccc(/C=N/Nc2nc(C3CC(C)(c4c(C)cc(C)cc4C)C3)cs2)c1O. The van der Waals surface area contributed by atoms with Crippen LogP contribution in [0, 0.1) is 20.8 Å². The highest BCUT2D eigenvalue weighted by Gasteiger charge is 2.44. The Morgan fingerprint density at radius 3 is 2.61 bits per heavy atom. The minimum Gasteiger partial charge on any atom is -0.504 e. The zero-order valence-corrected chi connectivity index (χ0v) is 19.5. The second-order valence-corrected chi connectivity index (χ2v) is 9.64. The topological polar surface area (TPSA) is 66.7 Å². The van der Waals surface area contributed by atoms with Crippen LogP contribution in [0.5, 0.6) is 11.5 Å². The fourth-order valence-electron chi connectivity index (χ4n) is 5.06. The molecule has 0 unspecified atom stereocenters. The van der Waals surface area contributed by atoms with Crippen molar-refractivity contribution in [2.45, 2.75) is 51.9 Å². The zero-order valence-electron chi connectivity index (χ0n) is 18.7. The smallest absolute Gasteiger partial charge is 0.203 e. The number of benzene rings is 2. The van der Waals surface area contributed by atoms with Gasteiger partial charge in [-0.05, 0) is 67.9 Å². The Kier molecular flexibility index (Phi) is 5.75. The van der Waals surface area contributed by atoms with Crippen LogP contribution in [-0.4, -0.2) is 23.4 Å². The van der Waals surface area contributed by atoms with Crippen molar-refractivity contribution in [2.75, 3.05) is 12.5 Å². The highest BCUT2D eigenvalue weighted by molar-refractivity contribution is 7.13. The van der Waals surface area contributed by atoms with E-state index in [0.717, 1.165) is 23.7 Å². The second-order valence-electron chi connectivity index (χ2n) is 8.79. The third kappa shape index (κ3) is 4.17. The molecule has 0 amide bonds. The molecule has 0 saturated heterocycles. The predicted octanol–water partition coefficient (Wildman–Crippen LogP) is 6.06. The van der Waals surface area contributed by atoms with Crippen LogP contribution >= 0.6 is 11.3 Å². The third-order valence-electron chi connectivity index (χ3n) is 6.23. The molecule has 0 spiro atoms. The van der Waals surface area contributed by atoms with E-state index in [4.69, 9.17) is 9.72 Å². The molecule has 1 aliphatic carbocycles. The van der Waals surface area contributed by atoms with Gasteiger partial charge in [0.25, 0.3) is 0 Å². The van der Waals surface area contributed by atoms with Crippen molar-refractivity contribution in [3.8, 4) is 11.5 Å². The Balaban J connectivity index is 1.41. The molecule has 6 heteroatoms. The van der Waals surface area contributed by atoms with Crippen LogP contribution in [0.3, 0.4) is 0 Å². The van der Waals surface area contributed by atoms with Crippen LogP contribution < -0.4 is 10.2 Å². The Hall–Kier alpha value is -2.86. The summed E-state index contributed by atoms with van der Waals surface area (Å²) in [5, 5.41) is 17.3. The van der Waals surface area contributed by atoms with Crippen LogP contribution in [0.1, 0.15) is 59.2 Å². The lowest BCUT2D eigenvalue weighted by Crippen LogP contribution is -2.38. The largest absolute Gasteiger partial charge is 0.504 e. The lowest BCUT2D eigenvalue weighted by atomic mass is 9.57. The van der Waals surface area contributed by atoms with Crippen molar-refractivity contribution in [1.82, 2.24) is 4.98 Å². The van der Waals surface area contributed by atoms with Crippen LogP contribution in [0.15, 0.2) is 40.8 Å². The standard InChI is InChI=1S/C25H29N3O2S/c1-15-9-16(2)22(17(3)10-15)25(4)11-19(12-25)20-14-31-24(27-20)28-26-13-18-7-6-8-21(30-5)23(18)29/h6-10,13-14,19,29H,11-12H2,1-5H3,(H,27,28)/b26-13+. The molecule has 3 aromatic rings. The van der Waals surface area contributed by atoms with Crippen molar-refractivity contribution in [3.63, 3.8) is 0 Å². The molecule has 31 heavy (non-hydrogen) atoms. The van der Waals surface area contributed by atoms with Gasteiger partial charge in [-0.2, -0.15) is 5.10 Å². The van der Waals surface area contributed by atoms with E-state index in [1.807, 2.05) is 6.07 Å². The third-order valence-corrected chi connectivity index (χ3v) is 6.99. The van der Waals surface area contributed by atoms with Crippen molar-refractivity contribution in [2.24, 2.45) is 5.10 Å². The molecule has 5 nitrogen and oxygen atoms in total. The fraction of sp³-hybridized carbons (Fsp3) is 0.360. The summed E-state index contributed by atoms with van der Waals surface area (Å²) in [4.78, 5) is 4.74. The molecule has 1 heterocycles. The van der Waals surface area contributed by atoms with E-state index in [-0.39, 0.29) is 11.2 Å². The lowest BCUT2D eigenvalue weighted by Gasteiger charge is -2.47. The first-order chi connectivity index (χ1) is 14.8. The number of phenolic OH excluding ortho intramolecular Hbond substituents is 1. The Labute approximate surface area is 187 Å². The summed E-state index contributed by atoms with van der Waals surface area (Å²) in [5.74, 6) is 0.974. The van der Waals surface area contributed by atoms with Gasteiger partial charge in [-0.3, -0.25) is 5.43 Å². The number of ether oxygens (including phenoxy) is 1. The van der Waals surface area contributed by atoms with Gasteiger partial charge in [0.2, 0.25) is 5.13 Å². The Morgan fingerprint density at radius 2 is 1.94 bits per heavy atom. The molecular weight excluding hydrogens is 406 g/mol. The molecule has 0 radical (unpaired) electrons. The Bertz CT molecular complexity index is 1110. The number of nitrogens with zero attached hydrogens (tertiary/aromatic N) is 2. The maximum absolute atomic E-state index is 10.1. The number of aryl methyl sites for hydroxylation is 3. The summed E-state index contributed by atoms with van der Waals surface area (Å²) in [6.07, 6.45) is 3.80. The van der Waals surface area contributed by atoms with Crippen LogP contribution in [0.4, 0.5) is 5.13 Å². The second kappa shape index (κ2) is 8.35. The molecule has 1 fully saturated rings. The summed E-state index contributed by atoms with van der Waals surface area (Å²) >= 11 is 1.56. The van der Waals surface area contributed by atoms with Crippen molar-refractivity contribution >= 4 is 22.7 Å². The molecule has 1 saturated carbocycles. The van der Waals surface area contributed by atoms with Gasteiger partial charge in [0.1, 0.15) is 0 Å². The van der Waals surface area contributed by atoms with E-state index in [0.29, 0.717) is 17.2 Å². The van der Waals surface area contributed by atoms with E-state index in [2.05, 4.69) is 55.7 Å². The predicted molar refractivity (Wildman–Crippen MR) is 128 cm³/mol. The van der Waals surface area contributed by atoms with E-state index in [1.54, 1.807) is 29.7 Å². The van der Waals surface area contributed by atoms with Crippen LogP contribution in [-0.2, 0) is 5.41 Å². The fourth-order valence-corrected chi connectivity index (χ4v) is 5.80. The molecule has 0 atom stereocenters. The van der Waals surface area contributed by atoms with Gasteiger partial charge in [-0.15, -0.1) is 11.3 Å². The zero-order chi connectivity index (χ0) is 22.2. The highest BCUT2D eigenvalue weighted by Crippen LogP contribution is 2.54. The van der Waals surface area contributed by atoms with Gasteiger partial charge in [0.05, 0.1) is 19.0 Å². The minimum absolute atomic E-state index is 0.0748. The van der Waals surface area contributed by atoms with E-state index in [9.17, 15) is 5.11 Å². The molecule has 1 aliphatic rings. The maximum atomic E-state index is 10.1. The first-order valence-electron chi connectivity index (χ1n) is 10.5. The van der Waals surface area contributed by atoms with Gasteiger partial charge in [0.15, 0.2) is 11.5 Å². The number of anilines is 1. The first-order valence-corrected chi connectivity index (χ1v) is 11.4. The summed E-state index contributed by atoms with van der Waals surface area (Å²) < 4.78 is 5.13. The number of para-hydroxylation sites is 1. The molecular formula is C25H29N3O2S. The minimum atomic E-state index is 0.0748. The number of aromatic nitrogens is 1. The quantitative estimate of drug-likeness (QED) is 0.365. The Morgan fingerprint density at radius 1 is 1.23 bits per heavy atom. The summed E-state index contributed by atoms with van der Waals surface area (Å²) in [5.41, 5.74) is 10.5. The normalized spacial score (nSPS) is 20.6. The summed E-state index contributed by atoms with van der Waals surface area (Å²) in [6.45, 7) is 9.01. The number of aromatic hydroxyl groups is 1. The van der Waals surface area contributed by atoms with Crippen molar-refractivity contribution in [3.05, 3.63) is 69.2 Å². The number of hydrogen-bond donors (Lipinski definition) is 2. The lowest BCUT2D eigenvalue weighted by molar-refractivity contribution is 0.220. The van der Waals surface area contributed by atoms with E-state index < -0.39 is 0 Å². The molecule has 2 N–H and O–H groups in total. The first kappa shape index (κ1) is 21.4. The number of methoxy groups -OCH3 is 1. The average Bonchev–Trinajstić information content (AvgIpc) is 3.15. The number of hydrazone groups is 1. The van der Waals surface area contributed by atoms with Gasteiger partial charge < -0.3 is 9.84 Å². The number of phenols is 1. The molecule has 2 aromatic carbocycles. The van der Waals surface area contributed by atoms with Crippen LogP contribution in [0.2, 0.25) is 0 Å². The average molecular weight is 436 g/mol. The molecule has 0 bridgehead atoms. The summed E-state index contributed by atoms with van der Waals surface area (Å²) in [6, 6.07) is 9.89. The van der Waals surface area contributed by atoms with Crippen molar-refractivity contribution in [1.29, 1.82) is 0 Å². The number of hydrogen-bond acceptors (Lipinski definition) is 6. The van der Waals surface area contributed by atoms with E-state index in [1.165, 1.54) is 29.4 Å². The molecule has 0 aliphatic heterocycles. The van der Waals surface area contributed by atoms with Gasteiger partial charge in [-0.1, -0.05) is 30.7 Å². The van der Waals surface area contributed by atoms with Gasteiger partial charge in [0, 0.05) is 16.9 Å². The number of thiazole rings is 1.